The number of carbonyl (C=O) groups excluding carboxylic acids is 2. The minimum atomic E-state index is -0.552. The van der Waals surface area contributed by atoms with E-state index in [0.717, 1.165) is 11.1 Å². The van der Waals surface area contributed by atoms with E-state index in [1.54, 1.807) is 6.07 Å². The fraction of sp³-hybridized carbons (Fsp3) is 0.222. The van der Waals surface area contributed by atoms with Gasteiger partial charge in [-0.1, -0.05) is 57.2 Å². The van der Waals surface area contributed by atoms with Gasteiger partial charge in [0.15, 0.2) is 0 Å². The fourth-order valence-electron chi connectivity index (χ4n) is 2.56. The second kappa shape index (κ2) is 4.55. The molecule has 3 heteroatoms. The van der Waals surface area contributed by atoms with Crippen molar-refractivity contribution in [3.05, 3.63) is 53.6 Å². The maximum Gasteiger partial charge on any atom is 0.296 e. The first-order valence-electron chi connectivity index (χ1n) is 6.97. The molecule has 0 radical (unpaired) electrons. The van der Waals surface area contributed by atoms with Gasteiger partial charge in [-0.05, 0) is 22.6 Å². The highest BCUT2D eigenvalue weighted by Crippen LogP contribution is 2.35. The van der Waals surface area contributed by atoms with E-state index in [0.29, 0.717) is 11.3 Å². The molecule has 1 N–H and O–H groups in total. The van der Waals surface area contributed by atoms with Gasteiger partial charge in [-0.25, -0.2) is 0 Å². The lowest BCUT2D eigenvalue weighted by Gasteiger charge is -2.19. The summed E-state index contributed by atoms with van der Waals surface area (Å²) in [6, 6.07) is 13.7. The highest BCUT2D eigenvalue weighted by Gasteiger charge is 2.29. The minimum absolute atomic E-state index is 0.0986. The molecule has 0 fully saturated rings. The van der Waals surface area contributed by atoms with Gasteiger partial charge in [0.1, 0.15) is 0 Å². The predicted octanol–water partition coefficient (Wildman–Crippen LogP) is 3.79. The summed E-state index contributed by atoms with van der Waals surface area (Å²) in [7, 11) is 0. The third-order valence-corrected chi connectivity index (χ3v) is 3.82. The first kappa shape index (κ1) is 13.6. The van der Waals surface area contributed by atoms with Crippen LogP contribution in [0.15, 0.2) is 42.5 Å². The number of anilines is 1. The summed E-state index contributed by atoms with van der Waals surface area (Å²) in [6.45, 7) is 6.50. The Morgan fingerprint density at radius 1 is 0.857 bits per heavy atom. The zero-order valence-electron chi connectivity index (χ0n) is 12.4. The number of benzene rings is 2. The van der Waals surface area contributed by atoms with Gasteiger partial charge in [0, 0.05) is 5.56 Å². The van der Waals surface area contributed by atoms with Crippen LogP contribution in [-0.4, -0.2) is 11.7 Å². The van der Waals surface area contributed by atoms with Gasteiger partial charge in [0.25, 0.3) is 11.7 Å². The summed E-state index contributed by atoms with van der Waals surface area (Å²) in [6.07, 6.45) is 0. The number of nitrogens with one attached hydrogen (secondary N) is 1. The van der Waals surface area contributed by atoms with E-state index >= 15 is 0 Å². The van der Waals surface area contributed by atoms with Crippen LogP contribution in [0.4, 0.5) is 5.69 Å². The van der Waals surface area contributed by atoms with E-state index in [1.165, 1.54) is 5.56 Å². The molecule has 21 heavy (non-hydrogen) atoms. The molecular formula is C18H17NO2. The van der Waals surface area contributed by atoms with E-state index in [2.05, 4.69) is 38.2 Å². The molecule has 106 valence electrons. The van der Waals surface area contributed by atoms with Crippen molar-refractivity contribution in [3.8, 4) is 11.1 Å². The molecule has 0 spiro atoms. The molecule has 1 heterocycles. The largest absolute Gasteiger partial charge is 0.318 e. The summed E-state index contributed by atoms with van der Waals surface area (Å²) < 4.78 is 0. The third kappa shape index (κ3) is 2.25. The molecule has 0 aromatic heterocycles. The van der Waals surface area contributed by atoms with Crippen molar-refractivity contribution in [1.82, 2.24) is 0 Å². The lowest BCUT2D eigenvalue weighted by molar-refractivity contribution is -0.112. The van der Waals surface area contributed by atoms with Gasteiger partial charge in [-0.15, -0.1) is 0 Å². The van der Waals surface area contributed by atoms with Gasteiger partial charge in [-0.2, -0.15) is 0 Å². The molecule has 0 bridgehead atoms. The van der Waals surface area contributed by atoms with Gasteiger partial charge < -0.3 is 5.32 Å². The number of ketones is 1. The van der Waals surface area contributed by atoms with Crippen LogP contribution in [0, 0.1) is 0 Å². The average molecular weight is 279 g/mol. The molecule has 1 amide bonds. The van der Waals surface area contributed by atoms with Gasteiger partial charge >= 0.3 is 0 Å². The van der Waals surface area contributed by atoms with Gasteiger partial charge in [-0.3, -0.25) is 9.59 Å². The number of Topliss-reactive ketones (excluding diaryl/α,β-unsaturated/α-hetero) is 1. The van der Waals surface area contributed by atoms with Crippen molar-refractivity contribution in [3.63, 3.8) is 0 Å². The Hall–Kier alpha value is -2.42. The zero-order valence-corrected chi connectivity index (χ0v) is 12.4. The molecule has 3 rings (SSSR count). The number of fused-ring (bicyclic) bond motifs is 1. The minimum Gasteiger partial charge on any atom is -0.318 e. The molecule has 2 aromatic rings. The Morgan fingerprint density at radius 3 is 2.10 bits per heavy atom. The summed E-state index contributed by atoms with van der Waals surface area (Å²) in [4.78, 5) is 23.3. The standard InChI is InChI=1S/C18H17NO2/c1-18(2,3)12-9-7-11(8-10-12)13-5-4-6-14-15(13)19-17(21)16(14)20/h4-10H,1-3H3,(H,19,20,21). The van der Waals surface area contributed by atoms with E-state index in [1.807, 2.05) is 24.3 Å². The molecule has 1 aliphatic heterocycles. The maximum atomic E-state index is 11.8. The van der Waals surface area contributed by atoms with E-state index in [9.17, 15) is 9.59 Å². The summed E-state index contributed by atoms with van der Waals surface area (Å²) in [5.41, 5.74) is 4.30. The Morgan fingerprint density at radius 2 is 1.48 bits per heavy atom. The number of amides is 1. The van der Waals surface area contributed by atoms with Crippen molar-refractivity contribution < 1.29 is 9.59 Å². The Balaban J connectivity index is 2.07. The van der Waals surface area contributed by atoms with Crippen LogP contribution in [0.25, 0.3) is 11.1 Å². The predicted molar refractivity (Wildman–Crippen MR) is 83.5 cm³/mol. The quantitative estimate of drug-likeness (QED) is 0.807. The highest BCUT2D eigenvalue weighted by atomic mass is 16.2. The van der Waals surface area contributed by atoms with Gasteiger partial charge in [0.2, 0.25) is 0 Å². The third-order valence-electron chi connectivity index (χ3n) is 3.82. The number of hydrogen-bond acceptors (Lipinski definition) is 2. The molecule has 3 nitrogen and oxygen atoms in total. The lowest BCUT2D eigenvalue weighted by atomic mass is 9.86. The summed E-state index contributed by atoms with van der Waals surface area (Å²) >= 11 is 0. The Kier molecular flexibility index (Phi) is 2.94. The first-order chi connectivity index (χ1) is 9.88. The van der Waals surface area contributed by atoms with Crippen LogP contribution in [0.3, 0.4) is 0 Å². The van der Waals surface area contributed by atoms with Crippen LogP contribution >= 0.6 is 0 Å². The molecule has 0 saturated heterocycles. The van der Waals surface area contributed by atoms with Crippen molar-refractivity contribution >= 4 is 17.4 Å². The zero-order chi connectivity index (χ0) is 15.2. The van der Waals surface area contributed by atoms with E-state index in [4.69, 9.17) is 0 Å². The molecule has 2 aromatic carbocycles. The highest BCUT2D eigenvalue weighted by molar-refractivity contribution is 6.52. The van der Waals surface area contributed by atoms with Gasteiger partial charge in [0.05, 0.1) is 11.3 Å². The Bertz CT molecular complexity index is 737. The summed E-state index contributed by atoms with van der Waals surface area (Å²) in [5.74, 6) is -1.01. The van der Waals surface area contributed by atoms with Crippen molar-refractivity contribution in [2.75, 3.05) is 5.32 Å². The molecule has 0 saturated carbocycles. The SMILES string of the molecule is CC(C)(C)c1ccc(-c2cccc3c2NC(=O)C3=O)cc1. The molecule has 0 unspecified atom stereocenters. The lowest BCUT2D eigenvalue weighted by Crippen LogP contribution is -2.12. The summed E-state index contributed by atoms with van der Waals surface area (Å²) in [5, 5.41) is 2.67. The Labute approximate surface area is 124 Å². The molecular weight excluding hydrogens is 262 g/mol. The monoisotopic (exact) mass is 279 g/mol. The number of carbonyl (C=O) groups is 2. The average Bonchev–Trinajstić information content (AvgIpc) is 2.74. The second-order valence-electron chi connectivity index (χ2n) is 6.34. The molecule has 0 atom stereocenters. The molecule has 1 aliphatic rings. The van der Waals surface area contributed by atoms with Crippen molar-refractivity contribution in [2.24, 2.45) is 0 Å². The number of rotatable bonds is 1. The van der Waals surface area contributed by atoms with Crippen LogP contribution in [0.1, 0.15) is 36.7 Å². The van der Waals surface area contributed by atoms with Crippen LogP contribution < -0.4 is 5.32 Å². The number of hydrogen-bond donors (Lipinski definition) is 1. The van der Waals surface area contributed by atoms with Crippen LogP contribution in [-0.2, 0) is 10.2 Å². The smallest absolute Gasteiger partial charge is 0.296 e. The van der Waals surface area contributed by atoms with E-state index in [-0.39, 0.29) is 5.41 Å². The van der Waals surface area contributed by atoms with Crippen LogP contribution in [0.2, 0.25) is 0 Å². The maximum absolute atomic E-state index is 11.8. The fourth-order valence-corrected chi connectivity index (χ4v) is 2.56. The number of para-hydroxylation sites is 1. The molecule has 0 aliphatic carbocycles. The van der Waals surface area contributed by atoms with E-state index < -0.39 is 11.7 Å². The second-order valence-corrected chi connectivity index (χ2v) is 6.34. The van der Waals surface area contributed by atoms with Crippen molar-refractivity contribution in [1.29, 1.82) is 0 Å². The van der Waals surface area contributed by atoms with Crippen LogP contribution in [0.5, 0.6) is 0 Å². The normalized spacial score (nSPS) is 14.0. The topological polar surface area (TPSA) is 46.2 Å². The van der Waals surface area contributed by atoms with Crippen molar-refractivity contribution in [2.45, 2.75) is 26.2 Å². The first-order valence-corrected chi connectivity index (χ1v) is 6.97.